The van der Waals surface area contributed by atoms with Crippen LogP contribution in [0, 0.1) is 0 Å². The Morgan fingerprint density at radius 2 is 1.85 bits per heavy atom. The molecule has 0 fully saturated rings. The normalized spacial score (nSPS) is 11.7. The highest BCUT2D eigenvalue weighted by atomic mass is 35.5. The number of anilines is 1. The molecule has 180 valence electrons. The van der Waals surface area contributed by atoms with E-state index in [1.165, 1.54) is 11.8 Å². The van der Waals surface area contributed by atoms with E-state index in [0.29, 0.717) is 33.3 Å². The predicted molar refractivity (Wildman–Crippen MR) is 135 cm³/mol. The highest BCUT2D eigenvalue weighted by molar-refractivity contribution is 7.99. The van der Waals surface area contributed by atoms with E-state index in [1.807, 2.05) is 42.7 Å². The van der Waals surface area contributed by atoms with E-state index < -0.39 is 0 Å². The number of benzene rings is 2. The van der Waals surface area contributed by atoms with Gasteiger partial charge >= 0.3 is 0 Å². The molecule has 0 bridgehead atoms. The molecule has 1 atom stereocenters. The molecule has 2 aromatic carbocycles. The third kappa shape index (κ3) is 6.88. The summed E-state index contributed by atoms with van der Waals surface area (Å²) >= 11 is 13.3. The fourth-order valence-electron chi connectivity index (χ4n) is 3.22. The van der Waals surface area contributed by atoms with Crippen LogP contribution in [0.5, 0.6) is 5.75 Å². The number of hydrogen-bond acceptors (Lipinski definition) is 6. The van der Waals surface area contributed by atoms with Gasteiger partial charge in [-0.15, -0.1) is 10.2 Å². The molecule has 0 saturated carbocycles. The average molecular weight is 522 g/mol. The van der Waals surface area contributed by atoms with Crippen molar-refractivity contribution in [2.75, 3.05) is 18.2 Å². The first-order valence-corrected chi connectivity index (χ1v) is 12.3. The Hall–Kier alpha value is -2.75. The Labute approximate surface area is 212 Å². The van der Waals surface area contributed by atoms with Crippen molar-refractivity contribution in [1.82, 2.24) is 20.1 Å². The van der Waals surface area contributed by atoms with Crippen molar-refractivity contribution >= 4 is 52.5 Å². The van der Waals surface area contributed by atoms with Crippen LogP contribution in [-0.4, -0.2) is 39.4 Å². The molecular weight excluding hydrogens is 497 g/mol. The first-order chi connectivity index (χ1) is 16.3. The second-order valence-corrected chi connectivity index (χ2v) is 9.15. The maximum Gasteiger partial charge on any atom is 0.234 e. The zero-order chi connectivity index (χ0) is 24.7. The van der Waals surface area contributed by atoms with Crippen molar-refractivity contribution in [3.8, 4) is 5.75 Å². The Morgan fingerprint density at radius 3 is 2.53 bits per heavy atom. The molecular formula is C23H25Cl2N5O3S. The van der Waals surface area contributed by atoms with Crippen molar-refractivity contribution in [1.29, 1.82) is 0 Å². The van der Waals surface area contributed by atoms with Crippen LogP contribution >= 0.6 is 35.0 Å². The first kappa shape index (κ1) is 25.9. The van der Waals surface area contributed by atoms with Gasteiger partial charge in [0.15, 0.2) is 11.0 Å². The predicted octanol–water partition coefficient (Wildman–Crippen LogP) is 4.76. The molecule has 0 aliphatic rings. The molecule has 8 nitrogen and oxygen atoms in total. The van der Waals surface area contributed by atoms with E-state index >= 15 is 0 Å². The maximum atomic E-state index is 12.5. The molecule has 34 heavy (non-hydrogen) atoms. The van der Waals surface area contributed by atoms with Crippen LogP contribution in [0.15, 0.2) is 47.6 Å². The monoisotopic (exact) mass is 521 g/mol. The van der Waals surface area contributed by atoms with Crippen molar-refractivity contribution in [3.63, 3.8) is 0 Å². The molecule has 2 amide bonds. The van der Waals surface area contributed by atoms with Gasteiger partial charge in [0.1, 0.15) is 5.75 Å². The van der Waals surface area contributed by atoms with Gasteiger partial charge in [-0.25, -0.2) is 0 Å². The topological polar surface area (TPSA) is 98.1 Å². The summed E-state index contributed by atoms with van der Waals surface area (Å²) in [6.07, 6.45) is 0.239. The number of ether oxygens (including phenoxy) is 1. The number of carbonyl (C=O) groups excluding carboxylic acids is 2. The Morgan fingerprint density at radius 1 is 1.12 bits per heavy atom. The summed E-state index contributed by atoms with van der Waals surface area (Å²) in [6.45, 7) is 4.39. The molecule has 1 heterocycles. The number of methoxy groups -OCH3 is 1. The summed E-state index contributed by atoms with van der Waals surface area (Å²) in [5, 5.41) is 15.6. The number of thioether (sulfide) groups is 1. The molecule has 11 heteroatoms. The molecule has 0 unspecified atom stereocenters. The van der Waals surface area contributed by atoms with Gasteiger partial charge in [0.2, 0.25) is 11.8 Å². The van der Waals surface area contributed by atoms with E-state index in [0.717, 1.165) is 11.3 Å². The van der Waals surface area contributed by atoms with Crippen LogP contribution in [0.4, 0.5) is 5.69 Å². The van der Waals surface area contributed by atoms with Crippen molar-refractivity contribution in [2.24, 2.45) is 0 Å². The molecule has 2 N–H and O–H groups in total. The minimum absolute atomic E-state index is 0.110. The van der Waals surface area contributed by atoms with Gasteiger partial charge in [0.25, 0.3) is 0 Å². The molecule has 0 spiro atoms. The minimum atomic E-state index is -0.355. The van der Waals surface area contributed by atoms with Crippen LogP contribution in [0.3, 0.4) is 0 Å². The standard InChI is InChI=1S/C23H25Cl2N5O3S/c1-4-30-22(14(2)26-20(31)11-15-5-8-17(33-3)9-6-15)28-29-23(30)34-13-21(32)27-19-12-16(24)7-10-18(19)25/h5-10,12,14H,4,11,13H2,1-3H3,(H,26,31)(H,27,32)/t14-/m1/s1. The zero-order valence-corrected chi connectivity index (χ0v) is 21.3. The molecule has 3 rings (SSSR count). The van der Waals surface area contributed by atoms with Crippen LogP contribution in [0.25, 0.3) is 0 Å². The fraction of sp³-hybridized carbons (Fsp3) is 0.304. The quantitative estimate of drug-likeness (QED) is 0.373. The number of halogens is 2. The summed E-state index contributed by atoms with van der Waals surface area (Å²) in [5.74, 6) is 1.09. The highest BCUT2D eigenvalue weighted by Crippen LogP contribution is 2.26. The van der Waals surface area contributed by atoms with E-state index in [9.17, 15) is 9.59 Å². The number of nitrogens with one attached hydrogen (secondary N) is 2. The lowest BCUT2D eigenvalue weighted by molar-refractivity contribution is -0.121. The average Bonchev–Trinajstić information content (AvgIpc) is 3.23. The van der Waals surface area contributed by atoms with E-state index in [-0.39, 0.29) is 30.0 Å². The number of aromatic nitrogens is 3. The number of rotatable bonds is 10. The lowest BCUT2D eigenvalue weighted by Crippen LogP contribution is -2.30. The van der Waals surface area contributed by atoms with Gasteiger partial charge in [-0.05, 0) is 49.7 Å². The molecule has 0 aliphatic carbocycles. The SMILES string of the molecule is CCn1c(SCC(=O)Nc2cc(Cl)ccc2Cl)nnc1[C@@H](C)NC(=O)Cc1ccc(OC)cc1. The molecule has 0 radical (unpaired) electrons. The maximum absolute atomic E-state index is 12.5. The summed E-state index contributed by atoms with van der Waals surface area (Å²) in [5.41, 5.74) is 1.33. The Bertz CT molecular complexity index is 1150. The van der Waals surface area contributed by atoms with E-state index in [2.05, 4.69) is 20.8 Å². The van der Waals surface area contributed by atoms with Gasteiger partial charge in [0.05, 0.1) is 36.0 Å². The van der Waals surface area contributed by atoms with Gasteiger partial charge in [0, 0.05) is 11.6 Å². The summed E-state index contributed by atoms with van der Waals surface area (Å²) in [6, 6.07) is 11.9. The molecule has 0 aliphatic heterocycles. The largest absolute Gasteiger partial charge is 0.497 e. The lowest BCUT2D eigenvalue weighted by Gasteiger charge is -2.15. The van der Waals surface area contributed by atoms with Crippen LogP contribution in [0.2, 0.25) is 10.0 Å². The minimum Gasteiger partial charge on any atom is -0.497 e. The summed E-state index contributed by atoms with van der Waals surface area (Å²) in [4.78, 5) is 24.9. The van der Waals surface area contributed by atoms with Crippen molar-refractivity contribution in [3.05, 3.63) is 63.9 Å². The van der Waals surface area contributed by atoms with Crippen molar-refractivity contribution in [2.45, 2.75) is 38.0 Å². The molecule has 1 aromatic heterocycles. The van der Waals surface area contributed by atoms with Gasteiger partial charge in [-0.1, -0.05) is 47.1 Å². The third-order valence-corrected chi connectivity index (χ3v) is 6.42. The smallest absolute Gasteiger partial charge is 0.234 e. The number of nitrogens with zero attached hydrogens (tertiary/aromatic N) is 3. The Balaban J connectivity index is 1.58. The van der Waals surface area contributed by atoms with E-state index in [1.54, 1.807) is 25.3 Å². The second-order valence-electron chi connectivity index (χ2n) is 7.36. The van der Waals surface area contributed by atoms with Crippen molar-refractivity contribution < 1.29 is 14.3 Å². The molecule has 0 saturated heterocycles. The number of hydrogen-bond donors (Lipinski definition) is 2. The van der Waals surface area contributed by atoms with Gasteiger partial charge in [-0.3, -0.25) is 9.59 Å². The number of amides is 2. The van der Waals surface area contributed by atoms with Crippen LogP contribution < -0.4 is 15.4 Å². The van der Waals surface area contributed by atoms with Crippen LogP contribution in [0.1, 0.15) is 31.3 Å². The van der Waals surface area contributed by atoms with E-state index in [4.69, 9.17) is 27.9 Å². The summed E-state index contributed by atoms with van der Waals surface area (Å²) < 4.78 is 7.02. The second kappa shape index (κ2) is 12.1. The van der Waals surface area contributed by atoms with Gasteiger partial charge in [-0.2, -0.15) is 0 Å². The molecule has 3 aromatic rings. The number of carbonyl (C=O) groups is 2. The van der Waals surface area contributed by atoms with Gasteiger partial charge < -0.3 is 19.9 Å². The third-order valence-electron chi connectivity index (χ3n) is 4.89. The fourth-order valence-corrected chi connectivity index (χ4v) is 4.37. The highest BCUT2D eigenvalue weighted by Gasteiger charge is 2.20. The van der Waals surface area contributed by atoms with Crippen LogP contribution in [-0.2, 0) is 22.6 Å². The lowest BCUT2D eigenvalue weighted by atomic mass is 10.1. The summed E-state index contributed by atoms with van der Waals surface area (Å²) in [7, 11) is 1.60. The Kier molecular flexibility index (Phi) is 9.20. The zero-order valence-electron chi connectivity index (χ0n) is 19.0. The first-order valence-electron chi connectivity index (χ1n) is 10.5.